The van der Waals surface area contributed by atoms with E-state index in [0.717, 1.165) is 6.26 Å². The smallest absolute Gasteiger partial charge is 0.319 e. The van der Waals surface area contributed by atoms with Crippen LogP contribution in [0.2, 0.25) is 0 Å². The number of carbonyl (C=O) groups is 2. The van der Waals surface area contributed by atoms with Crippen LogP contribution >= 0.6 is 0 Å². The largest absolute Gasteiger partial charge is 0.464 e. The minimum absolute atomic E-state index is 0.101. The molecule has 1 rings (SSSR count). The third kappa shape index (κ3) is 6.68. The van der Waals surface area contributed by atoms with Gasteiger partial charge in [0.15, 0.2) is 9.84 Å². The lowest BCUT2D eigenvalue weighted by atomic mass is 10.1. The van der Waals surface area contributed by atoms with Crippen LogP contribution in [0.1, 0.15) is 20.3 Å². The fourth-order valence-electron chi connectivity index (χ4n) is 1.59. The minimum Gasteiger partial charge on any atom is -0.464 e. The van der Waals surface area contributed by atoms with Crippen molar-refractivity contribution in [2.24, 2.45) is 5.92 Å². The molecule has 1 aromatic carbocycles. The second-order valence-electron chi connectivity index (χ2n) is 5.15. The monoisotopic (exact) mass is 342 g/mol. The summed E-state index contributed by atoms with van der Waals surface area (Å²) in [5, 5.41) is 5.10. The van der Waals surface area contributed by atoms with Crippen LogP contribution in [-0.4, -0.2) is 39.8 Å². The number of ether oxygens (including phenoxy) is 1. The molecule has 0 heterocycles. The molecule has 128 valence electrons. The number of amides is 2. The summed E-state index contributed by atoms with van der Waals surface area (Å²) in [6.45, 7) is 3.97. The van der Waals surface area contributed by atoms with Crippen LogP contribution in [0.25, 0.3) is 0 Å². The summed E-state index contributed by atoms with van der Waals surface area (Å²) in [5.74, 6) is -0.441. The lowest BCUT2D eigenvalue weighted by Gasteiger charge is -2.10. The van der Waals surface area contributed by atoms with E-state index in [2.05, 4.69) is 10.6 Å². The van der Waals surface area contributed by atoms with Crippen LogP contribution < -0.4 is 10.6 Å². The second-order valence-corrected chi connectivity index (χ2v) is 7.17. The molecule has 1 aromatic rings. The first-order valence-corrected chi connectivity index (χ1v) is 9.14. The van der Waals surface area contributed by atoms with E-state index in [1.165, 1.54) is 24.3 Å². The van der Waals surface area contributed by atoms with Crippen molar-refractivity contribution in [2.75, 3.05) is 24.7 Å². The Bertz CT molecular complexity index is 640. The van der Waals surface area contributed by atoms with Gasteiger partial charge < -0.3 is 15.4 Å². The van der Waals surface area contributed by atoms with Gasteiger partial charge in [-0.3, -0.25) is 4.79 Å². The van der Waals surface area contributed by atoms with Gasteiger partial charge in [0.2, 0.25) is 0 Å². The van der Waals surface area contributed by atoms with Gasteiger partial charge in [-0.05, 0) is 30.7 Å². The topological polar surface area (TPSA) is 102 Å². The van der Waals surface area contributed by atoms with E-state index < -0.39 is 15.9 Å². The molecule has 0 aromatic heterocycles. The molecular weight excluding hydrogens is 320 g/mol. The van der Waals surface area contributed by atoms with Crippen LogP contribution in [0.15, 0.2) is 29.2 Å². The molecule has 0 aliphatic heterocycles. The summed E-state index contributed by atoms with van der Waals surface area (Å²) < 4.78 is 27.6. The molecule has 2 amide bonds. The Hall–Kier alpha value is -2.09. The predicted molar refractivity (Wildman–Crippen MR) is 87.0 cm³/mol. The number of urea groups is 1. The Balaban J connectivity index is 2.36. The molecule has 0 bridgehead atoms. The van der Waals surface area contributed by atoms with Crippen molar-refractivity contribution in [1.82, 2.24) is 5.32 Å². The summed E-state index contributed by atoms with van der Waals surface area (Å²) in [7, 11) is -3.26. The standard InChI is InChI=1S/C15H22N2O5S/c1-4-11(2)14(18)22-10-9-16-15(19)17-12-5-7-13(8-6-12)23(3,20)21/h5-8,11H,4,9-10H2,1-3H3,(H2,16,17,19). The van der Waals surface area contributed by atoms with Crippen LogP contribution in [0.5, 0.6) is 0 Å². The van der Waals surface area contributed by atoms with Gasteiger partial charge in [-0.15, -0.1) is 0 Å². The number of rotatable bonds is 7. The second kappa shape index (κ2) is 8.52. The zero-order chi connectivity index (χ0) is 17.5. The summed E-state index contributed by atoms with van der Waals surface area (Å²) in [6.07, 6.45) is 1.82. The van der Waals surface area contributed by atoms with Crippen LogP contribution in [0.4, 0.5) is 10.5 Å². The number of hydrogen-bond acceptors (Lipinski definition) is 5. The van der Waals surface area contributed by atoms with E-state index >= 15 is 0 Å². The van der Waals surface area contributed by atoms with Gasteiger partial charge in [0, 0.05) is 11.9 Å². The number of sulfone groups is 1. The lowest BCUT2D eigenvalue weighted by molar-refractivity contribution is -0.147. The average Bonchev–Trinajstić information content (AvgIpc) is 2.50. The quantitative estimate of drug-likeness (QED) is 0.581. The van der Waals surface area contributed by atoms with Gasteiger partial charge >= 0.3 is 12.0 Å². The molecule has 0 spiro atoms. The summed E-state index contributed by atoms with van der Waals surface area (Å²) >= 11 is 0. The normalized spacial score (nSPS) is 12.3. The van der Waals surface area contributed by atoms with Crippen LogP contribution in [0.3, 0.4) is 0 Å². The van der Waals surface area contributed by atoms with Gasteiger partial charge in [0.1, 0.15) is 6.61 Å². The predicted octanol–water partition coefficient (Wildman–Crippen LogP) is 1.80. The highest BCUT2D eigenvalue weighted by atomic mass is 32.2. The van der Waals surface area contributed by atoms with Crippen LogP contribution in [0, 0.1) is 5.92 Å². The molecule has 1 atom stereocenters. The summed E-state index contributed by atoms with van der Waals surface area (Å²) in [6, 6.07) is 5.37. The number of esters is 1. The van der Waals surface area contributed by atoms with E-state index in [4.69, 9.17) is 4.74 Å². The molecule has 8 heteroatoms. The number of nitrogens with one attached hydrogen (secondary N) is 2. The molecule has 23 heavy (non-hydrogen) atoms. The van der Waals surface area contributed by atoms with Gasteiger partial charge in [0.05, 0.1) is 17.4 Å². The molecule has 0 aliphatic carbocycles. The number of benzene rings is 1. The molecule has 2 N–H and O–H groups in total. The highest BCUT2D eigenvalue weighted by Crippen LogP contribution is 2.13. The summed E-state index contributed by atoms with van der Waals surface area (Å²) in [4.78, 5) is 23.3. The van der Waals surface area contributed by atoms with E-state index in [1.54, 1.807) is 6.92 Å². The Morgan fingerprint density at radius 2 is 1.83 bits per heavy atom. The van der Waals surface area contributed by atoms with E-state index in [1.807, 2.05) is 6.92 Å². The number of anilines is 1. The first kappa shape index (κ1) is 19.0. The maximum Gasteiger partial charge on any atom is 0.319 e. The first-order valence-electron chi connectivity index (χ1n) is 7.25. The van der Waals surface area contributed by atoms with Gasteiger partial charge in [-0.25, -0.2) is 13.2 Å². The molecule has 0 saturated heterocycles. The Labute approximate surface area is 136 Å². The molecular formula is C15H22N2O5S. The van der Waals surface area contributed by atoms with Gasteiger partial charge in [-0.2, -0.15) is 0 Å². The van der Waals surface area contributed by atoms with Crippen molar-refractivity contribution in [3.63, 3.8) is 0 Å². The molecule has 0 saturated carbocycles. The average molecular weight is 342 g/mol. The highest BCUT2D eigenvalue weighted by Gasteiger charge is 2.11. The maximum atomic E-state index is 11.6. The Morgan fingerprint density at radius 3 is 2.35 bits per heavy atom. The highest BCUT2D eigenvalue weighted by molar-refractivity contribution is 7.90. The van der Waals surface area contributed by atoms with Crippen molar-refractivity contribution in [1.29, 1.82) is 0 Å². The van der Waals surface area contributed by atoms with Crippen molar-refractivity contribution >= 4 is 27.5 Å². The Kier molecular flexibility index (Phi) is 7.02. The first-order chi connectivity index (χ1) is 10.7. The Morgan fingerprint density at radius 1 is 1.22 bits per heavy atom. The van der Waals surface area contributed by atoms with Crippen molar-refractivity contribution in [3.05, 3.63) is 24.3 Å². The molecule has 0 radical (unpaired) electrons. The van der Waals surface area contributed by atoms with Gasteiger partial charge in [0.25, 0.3) is 0 Å². The molecule has 1 unspecified atom stereocenters. The number of hydrogen-bond donors (Lipinski definition) is 2. The van der Waals surface area contributed by atoms with Crippen molar-refractivity contribution < 1.29 is 22.7 Å². The zero-order valence-electron chi connectivity index (χ0n) is 13.5. The molecule has 7 nitrogen and oxygen atoms in total. The molecule has 0 aliphatic rings. The zero-order valence-corrected chi connectivity index (χ0v) is 14.3. The van der Waals surface area contributed by atoms with Crippen molar-refractivity contribution in [3.8, 4) is 0 Å². The third-order valence-electron chi connectivity index (χ3n) is 3.19. The minimum atomic E-state index is -3.26. The van der Waals surface area contributed by atoms with Crippen molar-refractivity contribution in [2.45, 2.75) is 25.2 Å². The fourth-order valence-corrected chi connectivity index (χ4v) is 2.22. The van der Waals surface area contributed by atoms with E-state index in [0.29, 0.717) is 12.1 Å². The fraction of sp³-hybridized carbons (Fsp3) is 0.467. The summed E-state index contributed by atoms with van der Waals surface area (Å²) in [5.41, 5.74) is 0.464. The van der Waals surface area contributed by atoms with Gasteiger partial charge in [-0.1, -0.05) is 13.8 Å². The molecule has 0 fully saturated rings. The SMILES string of the molecule is CCC(C)C(=O)OCCNC(=O)Nc1ccc(S(C)(=O)=O)cc1. The lowest BCUT2D eigenvalue weighted by Crippen LogP contribution is -2.32. The maximum absolute atomic E-state index is 11.6. The van der Waals surface area contributed by atoms with E-state index in [-0.39, 0.29) is 29.9 Å². The third-order valence-corrected chi connectivity index (χ3v) is 4.32. The van der Waals surface area contributed by atoms with Crippen LogP contribution in [-0.2, 0) is 19.4 Å². The van der Waals surface area contributed by atoms with E-state index in [9.17, 15) is 18.0 Å². The number of carbonyl (C=O) groups excluding carboxylic acids is 2.